The van der Waals surface area contributed by atoms with Crippen LogP contribution in [0.1, 0.15) is 56.9 Å². The number of rotatable bonds is 11. The van der Waals surface area contributed by atoms with Crippen LogP contribution in [-0.2, 0) is 15.3 Å². The fourth-order valence-corrected chi connectivity index (χ4v) is 10.7. The van der Waals surface area contributed by atoms with Crippen LogP contribution in [0.25, 0.3) is 0 Å². The number of carbonyl (C=O) groups is 1. The number of piperidine rings is 1. The second kappa shape index (κ2) is 12.5. The van der Waals surface area contributed by atoms with E-state index in [0.717, 1.165) is 109 Å². The molecular formula is C35H47FN4O4S. The van der Waals surface area contributed by atoms with Crippen molar-refractivity contribution in [2.24, 2.45) is 17.8 Å². The van der Waals surface area contributed by atoms with Crippen LogP contribution in [0.3, 0.4) is 0 Å². The highest BCUT2D eigenvalue weighted by Crippen LogP contribution is 2.51. The van der Waals surface area contributed by atoms with Crippen LogP contribution in [-0.4, -0.2) is 93.1 Å². The molecule has 3 saturated heterocycles. The Kier molecular flexibility index (Phi) is 8.59. The third-order valence-corrected chi connectivity index (χ3v) is 13.8. The van der Waals surface area contributed by atoms with E-state index in [1.165, 1.54) is 12.5 Å². The molecule has 3 heterocycles. The molecule has 8 nitrogen and oxygen atoms in total. The van der Waals surface area contributed by atoms with E-state index < -0.39 is 15.9 Å². The highest BCUT2D eigenvalue weighted by atomic mass is 32.2. The van der Waals surface area contributed by atoms with E-state index in [9.17, 15) is 22.7 Å². The molecule has 7 rings (SSSR count). The molecule has 0 bridgehead atoms. The summed E-state index contributed by atoms with van der Waals surface area (Å²) >= 11 is 0. The maximum Gasteiger partial charge on any atom is 0.404 e. The Hall–Kier alpha value is -2.69. The first kappa shape index (κ1) is 30.9. The molecule has 5 aliphatic rings. The highest BCUT2D eigenvalue weighted by Gasteiger charge is 2.53. The van der Waals surface area contributed by atoms with Gasteiger partial charge in [0.05, 0.1) is 10.1 Å². The molecule has 0 radical (unpaired) electrons. The van der Waals surface area contributed by atoms with Crippen molar-refractivity contribution >= 4 is 21.6 Å². The lowest BCUT2D eigenvalue weighted by atomic mass is 9.57. The minimum atomic E-state index is -3.16. The largest absolute Gasteiger partial charge is 0.465 e. The number of hydrogen-bond donors (Lipinski definition) is 2. The Morgan fingerprint density at radius 2 is 1.64 bits per heavy atom. The standard InChI is InChI=1S/C35H47FN4O4S/c36-28-5-1-4-27(20-28)35(24-39-16-3-17-39,32-6-2-7-33(32)37-34(41)42)26-14-18-38(19-15-26)21-25-22-40(23-25)29-8-10-30(11-9-29)45(43,44)31-12-13-31/h1,4-5,8-11,20,25-26,31-33,37H,2-3,6-7,12-19,21-24H2,(H,41,42)/t32-,33-,35-/m0/s1. The van der Waals surface area contributed by atoms with E-state index in [0.29, 0.717) is 16.7 Å². The monoisotopic (exact) mass is 638 g/mol. The average molecular weight is 639 g/mol. The van der Waals surface area contributed by atoms with Crippen LogP contribution in [0.4, 0.5) is 14.9 Å². The van der Waals surface area contributed by atoms with Crippen molar-refractivity contribution in [3.05, 3.63) is 59.9 Å². The normalized spacial score (nSPS) is 26.6. The van der Waals surface area contributed by atoms with Gasteiger partial charge in [0.1, 0.15) is 5.82 Å². The maximum absolute atomic E-state index is 14.8. The van der Waals surface area contributed by atoms with E-state index >= 15 is 0 Å². The fraction of sp³-hybridized carbons (Fsp3) is 0.629. The molecule has 0 unspecified atom stereocenters. The zero-order chi connectivity index (χ0) is 31.2. The minimum absolute atomic E-state index is 0.117. The van der Waals surface area contributed by atoms with Crippen molar-refractivity contribution in [2.45, 2.75) is 73.0 Å². The quantitative estimate of drug-likeness (QED) is 0.358. The van der Waals surface area contributed by atoms with Crippen molar-refractivity contribution in [1.29, 1.82) is 0 Å². The molecule has 2 aliphatic carbocycles. The molecule has 0 aromatic heterocycles. The van der Waals surface area contributed by atoms with E-state index in [2.05, 4.69) is 26.1 Å². The fourth-order valence-electron chi connectivity index (χ4n) is 9.00. The smallest absolute Gasteiger partial charge is 0.404 e. The Labute approximate surface area is 266 Å². The molecular weight excluding hydrogens is 591 g/mol. The zero-order valence-electron chi connectivity index (χ0n) is 26.1. The van der Waals surface area contributed by atoms with E-state index in [1.807, 2.05) is 18.2 Å². The lowest BCUT2D eigenvalue weighted by molar-refractivity contribution is 0.0226. The number of nitrogens with zero attached hydrogens (tertiary/aromatic N) is 3. The topological polar surface area (TPSA) is 93.2 Å². The lowest BCUT2D eigenvalue weighted by Gasteiger charge is -2.54. The van der Waals surface area contributed by atoms with E-state index in [4.69, 9.17) is 0 Å². The number of amides is 1. The van der Waals surface area contributed by atoms with Gasteiger partial charge in [-0.2, -0.15) is 0 Å². The van der Waals surface area contributed by atoms with Gasteiger partial charge in [0.15, 0.2) is 9.84 Å². The third-order valence-electron chi connectivity index (χ3n) is 11.6. The lowest BCUT2D eigenvalue weighted by Crippen LogP contribution is -2.60. The molecule has 45 heavy (non-hydrogen) atoms. The maximum atomic E-state index is 14.8. The van der Waals surface area contributed by atoms with Gasteiger partial charge in [-0.3, -0.25) is 0 Å². The predicted octanol–water partition coefficient (Wildman–Crippen LogP) is 4.99. The number of halogens is 1. The summed E-state index contributed by atoms with van der Waals surface area (Å²) in [5, 5.41) is 12.4. The molecule has 1 amide bonds. The summed E-state index contributed by atoms with van der Waals surface area (Å²) in [5.74, 6) is 0.843. The Morgan fingerprint density at radius 1 is 0.911 bits per heavy atom. The second-order valence-corrected chi connectivity index (χ2v) is 16.6. The van der Waals surface area contributed by atoms with Crippen LogP contribution in [0, 0.1) is 23.6 Å². The van der Waals surface area contributed by atoms with E-state index in [-0.39, 0.29) is 28.4 Å². The first-order valence-electron chi connectivity index (χ1n) is 17.0. The summed E-state index contributed by atoms with van der Waals surface area (Å²) in [7, 11) is -3.16. The molecule has 2 saturated carbocycles. The number of carboxylic acid groups (broad SMARTS) is 1. The number of likely N-dealkylation sites (tertiary alicyclic amines) is 2. The summed E-state index contributed by atoms with van der Waals surface area (Å²) in [6.07, 6.45) is 6.61. The van der Waals surface area contributed by atoms with Crippen LogP contribution in [0.5, 0.6) is 0 Å². The van der Waals surface area contributed by atoms with Gasteiger partial charge in [-0.15, -0.1) is 0 Å². The summed E-state index contributed by atoms with van der Waals surface area (Å²) in [6, 6.07) is 14.5. The highest BCUT2D eigenvalue weighted by molar-refractivity contribution is 7.92. The average Bonchev–Trinajstić information content (AvgIpc) is 3.76. The molecule has 5 fully saturated rings. The van der Waals surface area contributed by atoms with Crippen LogP contribution in [0.15, 0.2) is 53.4 Å². The van der Waals surface area contributed by atoms with Gasteiger partial charge in [-0.05, 0) is 125 Å². The molecule has 2 aromatic carbocycles. The Morgan fingerprint density at radius 3 is 2.27 bits per heavy atom. The van der Waals surface area contributed by atoms with Crippen molar-refractivity contribution in [3.63, 3.8) is 0 Å². The number of hydrogen-bond acceptors (Lipinski definition) is 6. The van der Waals surface area contributed by atoms with Crippen molar-refractivity contribution in [2.75, 3.05) is 57.3 Å². The number of nitrogens with one attached hydrogen (secondary N) is 1. The van der Waals surface area contributed by atoms with Crippen LogP contribution in [0.2, 0.25) is 0 Å². The number of anilines is 1. The molecule has 2 aromatic rings. The Bertz CT molecular complexity index is 1470. The molecule has 2 N–H and O–H groups in total. The molecule has 244 valence electrons. The number of sulfone groups is 1. The third kappa shape index (κ3) is 6.22. The summed E-state index contributed by atoms with van der Waals surface area (Å²) < 4.78 is 39.9. The van der Waals surface area contributed by atoms with Crippen LogP contribution < -0.4 is 10.2 Å². The second-order valence-electron chi connectivity index (χ2n) is 14.4. The van der Waals surface area contributed by atoms with Crippen molar-refractivity contribution in [1.82, 2.24) is 15.1 Å². The SMILES string of the molecule is O=C(O)N[C@H]1CCC[C@@H]1[C@](CN1CCC1)(c1cccc(F)c1)C1CCN(CC2CN(c3ccc(S(=O)(=O)C4CC4)cc3)C2)CC1. The van der Waals surface area contributed by atoms with Crippen LogP contribution >= 0.6 is 0 Å². The Balaban J connectivity index is 1.02. The van der Waals surface area contributed by atoms with Gasteiger partial charge in [0.25, 0.3) is 0 Å². The molecule has 3 aliphatic heterocycles. The minimum Gasteiger partial charge on any atom is -0.465 e. The van der Waals surface area contributed by atoms with E-state index in [1.54, 1.807) is 18.2 Å². The van der Waals surface area contributed by atoms with Crippen molar-refractivity contribution < 1.29 is 22.7 Å². The predicted molar refractivity (Wildman–Crippen MR) is 173 cm³/mol. The summed E-state index contributed by atoms with van der Waals surface area (Å²) in [5.41, 5.74) is 1.83. The first-order chi connectivity index (χ1) is 21.7. The van der Waals surface area contributed by atoms with Gasteiger partial charge in [0.2, 0.25) is 0 Å². The van der Waals surface area contributed by atoms with Gasteiger partial charge < -0.3 is 25.1 Å². The van der Waals surface area contributed by atoms with Crippen molar-refractivity contribution in [3.8, 4) is 0 Å². The molecule has 10 heteroatoms. The first-order valence-corrected chi connectivity index (χ1v) is 18.6. The summed E-state index contributed by atoms with van der Waals surface area (Å²) in [4.78, 5) is 19.7. The van der Waals surface area contributed by atoms with Gasteiger partial charge in [0, 0.05) is 49.2 Å². The summed E-state index contributed by atoms with van der Waals surface area (Å²) in [6.45, 7) is 7.95. The van der Waals surface area contributed by atoms with Gasteiger partial charge in [-0.25, -0.2) is 17.6 Å². The molecule has 0 spiro atoms. The molecule has 3 atom stereocenters. The van der Waals surface area contributed by atoms with Gasteiger partial charge in [-0.1, -0.05) is 18.6 Å². The number of benzene rings is 2. The van der Waals surface area contributed by atoms with Gasteiger partial charge >= 0.3 is 6.09 Å². The zero-order valence-corrected chi connectivity index (χ0v) is 26.9.